The molecule has 1 amide bonds. The fourth-order valence-electron chi connectivity index (χ4n) is 2.83. The molecule has 2 rings (SSSR count). The average Bonchev–Trinajstić information content (AvgIpc) is 2.55. The maximum Gasteiger partial charge on any atom is 0.251 e. The summed E-state index contributed by atoms with van der Waals surface area (Å²) in [6, 6.07) is 6.34. The van der Waals surface area contributed by atoms with Gasteiger partial charge in [-0.1, -0.05) is 19.4 Å². The maximum atomic E-state index is 12.9. The van der Waals surface area contributed by atoms with Crippen molar-refractivity contribution in [3.8, 4) is 0 Å². The monoisotopic (exact) mass is 352 g/mol. The highest BCUT2D eigenvalue weighted by molar-refractivity contribution is 7.89. The molecule has 0 radical (unpaired) electrons. The van der Waals surface area contributed by atoms with Crippen LogP contribution in [-0.2, 0) is 10.0 Å². The van der Waals surface area contributed by atoms with Gasteiger partial charge in [0, 0.05) is 23.7 Å². The largest absolute Gasteiger partial charge is 0.347 e. The van der Waals surface area contributed by atoms with Crippen LogP contribution in [0.5, 0.6) is 0 Å². The molecule has 1 N–H and O–H groups in total. The first-order valence-corrected chi connectivity index (χ1v) is 10.1. The molecule has 1 fully saturated rings. The van der Waals surface area contributed by atoms with Crippen molar-refractivity contribution in [2.45, 2.75) is 69.9 Å². The average molecular weight is 353 g/mol. The molecule has 1 unspecified atom stereocenters. The van der Waals surface area contributed by atoms with Gasteiger partial charge in [0.05, 0.1) is 4.90 Å². The van der Waals surface area contributed by atoms with Gasteiger partial charge in [-0.3, -0.25) is 4.79 Å². The van der Waals surface area contributed by atoms with Gasteiger partial charge in [0.25, 0.3) is 5.91 Å². The molecule has 1 aromatic carbocycles. The lowest BCUT2D eigenvalue weighted by atomic mass is 10.0. The van der Waals surface area contributed by atoms with Crippen LogP contribution < -0.4 is 5.32 Å². The Balaban J connectivity index is 2.28. The Morgan fingerprint density at radius 3 is 2.67 bits per heavy atom. The van der Waals surface area contributed by atoms with Crippen molar-refractivity contribution in [3.05, 3.63) is 29.8 Å². The molecular weight excluding hydrogens is 324 g/mol. The Labute approximate surface area is 145 Å². The second-order valence-electron chi connectivity index (χ2n) is 7.18. The predicted octanol–water partition coefficient (Wildman–Crippen LogP) is 3.17. The van der Waals surface area contributed by atoms with Crippen molar-refractivity contribution < 1.29 is 13.2 Å². The van der Waals surface area contributed by atoms with E-state index in [2.05, 4.69) is 5.32 Å². The zero-order chi connectivity index (χ0) is 18.0. The topological polar surface area (TPSA) is 66.5 Å². The van der Waals surface area contributed by atoms with Gasteiger partial charge in [0.2, 0.25) is 10.0 Å². The minimum Gasteiger partial charge on any atom is -0.347 e. The third-order valence-corrected chi connectivity index (χ3v) is 6.79. The lowest BCUT2D eigenvalue weighted by molar-refractivity contribution is 0.0911. The number of benzene rings is 1. The summed E-state index contributed by atoms with van der Waals surface area (Å²) in [5.74, 6) is -0.245. The fraction of sp³-hybridized carbons (Fsp3) is 0.611. The number of carbonyl (C=O) groups is 1. The molecular formula is C18H28N2O3S. The number of nitrogens with one attached hydrogen (secondary N) is 1. The third-order valence-electron chi connectivity index (χ3n) is 4.78. The quantitative estimate of drug-likeness (QED) is 0.885. The minimum absolute atomic E-state index is 0.000238. The van der Waals surface area contributed by atoms with Crippen molar-refractivity contribution in [2.24, 2.45) is 0 Å². The number of hydrogen-bond acceptors (Lipinski definition) is 3. The molecule has 1 saturated heterocycles. The van der Waals surface area contributed by atoms with E-state index in [9.17, 15) is 13.2 Å². The van der Waals surface area contributed by atoms with Crippen molar-refractivity contribution in [3.63, 3.8) is 0 Å². The van der Waals surface area contributed by atoms with Crippen LogP contribution in [0.15, 0.2) is 29.2 Å². The molecule has 5 nitrogen and oxygen atoms in total. The van der Waals surface area contributed by atoms with Crippen LogP contribution in [0.1, 0.15) is 63.7 Å². The molecule has 134 valence electrons. The highest BCUT2D eigenvalue weighted by atomic mass is 32.2. The van der Waals surface area contributed by atoms with Crippen molar-refractivity contribution >= 4 is 15.9 Å². The Kier molecular flexibility index (Phi) is 5.71. The van der Waals surface area contributed by atoms with E-state index in [1.54, 1.807) is 22.5 Å². The second kappa shape index (κ2) is 7.23. The maximum absolute atomic E-state index is 12.9. The van der Waals surface area contributed by atoms with Crippen LogP contribution in [-0.4, -0.2) is 36.8 Å². The number of hydrogen-bond donors (Lipinski definition) is 1. The summed E-state index contributed by atoms with van der Waals surface area (Å²) >= 11 is 0. The van der Waals surface area contributed by atoms with Gasteiger partial charge in [-0.2, -0.15) is 4.31 Å². The summed E-state index contributed by atoms with van der Waals surface area (Å²) in [6.45, 7) is 8.38. The van der Waals surface area contributed by atoms with E-state index in [1.165, 1.54) is 6.07 Å². The second-order valence-corrected chi connectivity index (χ2v) is 9.07. The molecule has 0 aliphatic carbocycles. The smallest absolute Gasteiger partial charge is 0.251 e. The number of sulfonamides is 1. The molecule has 0 aromatic heterocycles. The van der Waals surface area contributed by atoms with Crippen molar-refractivity contribution in [2.75, 3.05) is 6.54 Å². The van der Waals surface area contributed by atoms with E-state index < -0.39 is 10.0 Å². The Morgan fingerprint density at radius 1 is 1.33 bits per heavy atom. The first-order valence-electron chi connectivity index (χ1n) is 8.62. The summed E-state index contributed by atoms with van der Waals surface area (Å²) in [7, 11) is -3.56. The van der Waals surface area contributed by atoms with Gasteiger partial charge in [0.15, 0.2) is 0 Å². The number of rotatable bonds is 5. The molecule has 0 spiro atoms. The van der Waals surface area contributed by atoms with E-state index in [1.807, 2.05) is 27.7 Å². The van der Waals surface area contributed by atoms with Gasteiger partial charge >= 0.3 is 0 Å². The molecule has 24 heavy (non-hydrogen) atoms. The Hall–Kier alpha value is -1.40. The van der Waals surface area contributed by atoms with Gasteiger partial charge in [-0.25, -0.2) is 8.42 Å². The summed E-state index contributed by atoms with van der Waals surface area (Å²) in [5.41, 5.74) is 0.0511. The summed E-state index contributed by atoms with van der Waals surface area (Å²) in [5, 5.41) is 2.94. The third kappa shape index (κ3) is 4.16. The van der Waals surface area contributed by atoms with Crippen molar-refractivity contribution in [1.82, 2.24) is 9.62 Å². The van der Waals surface area contributed by atoms with Crippen LogP contribution in [0, 0.1) is 0 Å². The number of amides is 1. The van der Waals surface area contributed by atoms with Gasteiger partial charge in [-0.05, 0) is 58.2 Å². The molecule has 1 aliphatic heterocycles. The Morgan fingerprint density at radius 2 is 2.04 bits per heavy atom. The van der Waals surface area contributed by atoms with E-state index in [4.69, 9.17) is 0 Å². The standard InChI is InChI=1S/C18H28N2O3S/c1-5-18(3,4)19-17(21)15-10-8-11-16(13-15)24(22,23)20-12-7-6-9-14(20)2/h8,10-11,13-14H,5-7,9,12H2,1-4H3,(H,19,21). The van der Waals surface area contributed by atoms with Gasteiger partial charge in [0.1, 0.15) is 0 Å². The number of carbonyl (C=O) groups excluding carboxylic acids is 1. The lowest BCUT2D eigenvalue weighted by Gasteiger charge is -2.32. The SMILES string of the molecule is CCC(C)(C)NC(=O)c1cccc(S(=O)(=O)N2CCCCC2C)c1. The highest BCUT2D eigenvalue weighted by Gasteiger charge is 2.31. The zero-order valence-electron chi connectivity index (χ0n) is 15.0. The molecule has 1 aliphatic rings. The van der Waals surface area contributed by atoms with Crippen molar-refractivity contribution in [1.29, 1.82) is 0 Å². The van der Waals surface area contributed by atoms with Crippen LogP contribution in [0.25, 0.3) is 0 Å². The lowest BCUT2D eigenvalue weighted by Crippen LogP contribution is -2.43. The van der Waals surface area contributed by atoms with E-state index >= 15 is 0 Å². The fourth-order valence-corrected chi connectivity index (χ4v) is 4.58. The highest BCUT2D eigenvalue weighted by Crippen LogP contribution is 2.25. The zero-order valence-corrected chi connectivity index (χ0v) is 15.8. The van der Waals surface area contributed by atoms with Crippen LogP contribution in [0.3, 0.4) is 0 Å². The van der Waals surface area contributed by atoms with Crippen LogP contribution in [0.2, 0.25) is 0 Å². The van der Waals surface area contributed by atoms with Gasteiger partial charge in [-0.15, -0.1) is 0 Å². The molecule has 0 saturated carbocycles. The molecule has 0 bridgehead atoms. The van der Waals surface area contributed by atoms with Crippen LogP contribution >= 0.6 is 0 Å². The van der Waals surface area contributed by atoms with Crippen LogP contribution in [0.4, 0.5) is 0 Å². The number of nitrogens with zero attached hydrogens (tertiary/aromatic N) is 1. The molecule has 6 heteroatoms. The van der Waals surface area contributed by atoms with E-state index in [0.717, 1.165) is 25.7 Å². The first-order chi connectivity index (χ1) is 11.2. The van der Waals surface area contributed by atoms with E-state index in [-0.39, 0.29) is 22.4 Å². The predicted molar refractivity (Wildman–Crippen MR) is 95.5 cm³/mol. The minimum atomic E-state index is -3.56. The summed E-state index contributed by atoms with van der Waals surface area (Å²) in [6.07, 6.45) is 3.61. The normalized spacial score (nSPS) is 19.9. The van der Waals surface area contributed by atoms with E-state index in [0.29, 0.717) is 12.1 Å². The number of piperidine rings is 1. The molecule has 1 atom stereocenters. The van der Waals surface area contributed by atoms with Gasteiger partial charge < -0.3 is 5.32 Å². The molecule has 1 aromatic rings. The molecule has 1 heterocycles. The first kappa shape index (κ1) is 18.9. The summed E-state index contributed by atoms with van der Waals surface area (Å²) < 4.78 is 27.4. The Bertz CT molecular complexity index is 698. The summed E-state index contributed by atoms with van der Waals surface area (Å²) in [4.78, 5) is 12.6.